The van der Waals surface area contributed by atoms with Crippen LogP contribution in [0.25, 0.3) is 32.7 Å². The molecule has 1 N–H and O–H groups in total. The van der Waals surface area contributed by atoms with Crippen molar-refractivity contribution in [1.82, 2.24) is 0 Å². The van der Waals surface area contributed by atoms with Crippen LogP contribution < -0.4 is 5.32 Å². The number of halogens is 1. The lowest BCUT2D eigenvalue weighted by Crippen LogP contribution is -2.17. The van der Waals surface area contributed by atoms with Gasteiger partial charge in [0, 0.05) is 21.7 Å². The first kappa shape index (κ1) is 15.7. The predicted molar refractivity (Wildman–Crippen MR) is 116 cm³/mol. The zero-order chi connectivity index (χ0) is 18.7. The van der Waals surface area contributed by atoms with Crippen LogP contribution in [-0.4, -0.2) is 5.29 Å². The summed E-state index contributed by atoms with van der Waals surface area (Å²) < 4.78 is 5.97. The lowest BCUT2D eigenvalue weighted by molar-refractivity contribution is 0.668. The second kappa shape index (κ2) is 5.85. The fraction of sp³-hybridized carbons (Fsp3) is 0.0417. The van der Waals surface area contributed by atoms with Crippen LogP contribution in [0.3, 0.4) is 0 Å². The van der Waals surface area contributed by atoms with E-state index in [1.54, 1.807) is 0 Å². The van der Waals surface area contributed by atoms with Crippen LogP contribution in [0.15, 0.2) is 88.3 Å². The average Bonchev–Trinajstić information content (AvgIpc) is 3.11. The van der Waals surface area contributed by atoms with Gasteiger partial charge in [0.05, 0.1) is 5.69 Å². The molecule has 1 aliphatic rings. The number of amidine groups is 1. The van der Waals surface area contributed by atoms with Gasteiger partial charge in [0.2, 0.25) is 0 Å². The topological polar surface area (TPSA) is 37.5 Å². The number of fused-ring (bicyclic) bond motifs is 6. The maximum Gasteiger partial charge on any atom is 0.196 e. The van der Waals surface area contributed by atoms with E-state index in [1.165, 1.54) is 5.39 Å². The molecular formula is C24H15ClN2O. The second-order valence-corrected chi connectivity index (χ2v) is 7.41. The van der Waals surface area contributed by atoms with Crippen molar-refractivity contribution in [3.63, 3.8) is 0 Å². The Kier molecular flexibility index (Phi) is 3.28. The standard InChI is InChI=1S/C24H15ClN2O/c25-24-26-22(18-11-9-14-5-1-2-6-16(14)23(18)27-24)15-10-12-21-19(13-15)17-7-3-4-8-20(17)28-21/h1-13,22H,(H,26,27). The van der Waals surface area contributed by atoms with Gasteiger partial charge < -0.3 is 9.73 Å². The Morgan fingerprint density at radius 3 is 2.50 bits per heavy atom. The molecule has 6 rings (SSSR count). The zero-order valence-electron chi connectivity index (χ0n) is 14.8. The Morgan fingerprint density at radius 1 is 0.786 bits per heavy atom. The molecule has 0 saturated carbocycles. The minimum Gasteiger partial charge on any atom is -0.456 e. The van der Waals surface area contributed by atoms with Gasteiger partial charge in [-0.1, -0.05) is 60.7 Å². The highest BCUT2D eigenvalue weighted by Gasteiger charge is 2.24. The first-order chi connectivity index (χ1) is 13.8. The van der Waals surface area contributed by atoms with Crippen LogP contribution in [0, 0.1) is 0 Å². The number of hydrogen-bond acceptors (Lipinski definition) is 3. The zero-order valence-corrected chi connectivity index (χ0v) is 15.6. The van der Waals surface area contributed by atoms with Crippen molar-refractivity contribution in [2.75, 3.05) is 5.32 Å². The van der Waals surface area contributed by atoms with Crippen molar-refractivity contribution in [3.05, 3.63) is 90.0 Å². The van der Waals surface area contributed by atoms with Crippen molar-refractivity contribution >= 4 is 55.3 Å². The van der Waals surface area contributed by atoms with Crippen molar-refractivity contribution < 1.29 is 4.42 Å². The molecule has 1 unspecified atom stereocenters. The number of hydrogen-bond donors (Lipinski definition) is 1. The SMILES string of the molecule is ClC1=NC(c2ccc3oc4ccccc4c3c2)c2ccc3ccccc3c2N1. The van der Waals surface area contributed by atoms with Crippen LogP contribution >= 0.6 is 11.6 Å². The van der Waals surface area contributed by atoms with E-state index < -0.39 is 0 Å². The number of anilines is 1. The summed E-state index contributed by atoms with van der Waals surface area (Å²) in [5, 5.41) is 8.20. The van der Waals surface area contributed by atoms with Gasteiger partial charge in [-0.15, -0.1) is 0 Å². The maximum absolute atomic E-state index is 6.40. The van der Waals surface area contributed by atoms with Gasteiger partial charge in [-0.3, -0.25) is 0 Å². The number of nitrogens with one attached hydrogen (secondary N) is 1. The lowest BCUT2D eigenvalue weighted by Gasteiger charge is -2.25. The number of rotatable bonds is 1. The van der Waals surface area contributed by atoms with Crippen LogP contribution in [0.5, 0.6) is 0 Å². The molecule has 2 heterocycles. The molecule has 28 heavy (non-hydrogen) atoms. The molecule has 0 radical (unpaired) electrons. The van der Waals surface area contributed by atoms with Gasteiger partial charge >= 0.3 is 0 Å². The van der Waals surface area contributed by atoms with Crippen molar-refractivity contribution in [3.8, 4) is 0 Å². The van der Waals surface area contributed by atoms with Gasteiger partial charge in [0.15, 0.2) is 5.29 Å². The van der Waals surface area contributed by atoms with E-state index >= 15 is 0 Å². The monoisotopic (exact) mass is 382 g/mol. The lowest BCUT2D eigenvalue weighted by atomic mass is 9.92. The van der Waals surface area contributed by atoms with Crippen LogP contribution in [-0.2, 0) is 0 Å². The minimum atomic E-state index is -0.161. The Hall–Kier alpha value is -3.30. The van der Waals surface area contributed by atoms with E-state index in [0.29, 0.717) is 5.29 Å². The molecule has 4 aromatic carbocycles. The van der Waals surface area contributed by atoms with E-state index in [4.69, 9.17) is 21.0 Å². The molecule has 1 atom stereocenters. The number of furan rings is 1. The molecule has 134 valence electrons. The third-order valence-electron chi connectivity index (χ3n) is 5.44. The van der Waals surface area contributed by atoms with Gasteiger partial charge in [-0.2, -0.15) is 0 Å². The maximum atomic E-state index is 6.40. The van der Waals surface area contributed by atoms with Crippen molar-refractivity contribution in [2.45, 2.75) is 6.04 Å². The Bertz CT molecular complexity index is 1420. The Morgan fingerprint density at radius 2 is 1.57 bits per heavy atom. The molecular weight excluding hydrogens is 368 g/mol. The summed E-state index contributed by atoms with van der Waals surface area (Å²) in [5.41, 5.74) is 5.02. The smallest absolute Gasteiger partial charge is 0.196 e. The minimum absolute atomic E-state index is 0.161. The van der Waals surface area contributed by atoms with E-state index in [0.717, 1.165) is 44.1 Å². The van der Waals surface area contributed by atoms with Crippen molar-refractivity contribution in [1.29, 1.82) is 0 Å². The summed E-state index contributed by atoms with van der Waals surface area (Å²) in [7, 11) is 0. The molecule has 5 aromatic rings. The van der Waals surface area contributed by atoms with E-state index in [9.17, 15) is 0 Å². The second-order valence-electron chi connectivity index (χ2n) is 7.05. The van der Waals surface area contributed by atoms with E-state index in [-0.39, 0.29) is 6.04 Å². The summed E-state index contributed by atoms with van der Waals surface area (Å²) in [5.74, 6) is 0. The molecule has 0 aliphatic carbocycles. The highest BCUT2D eigenvalue weighted by molar-refractivity contribution is 6.68. The number of benzene rings is 4. The Labute approximate surface area is 166 Å². The average molecular weight is 383 g/mol. The molecule has 1 aliphatic heterocycles. The predicted octanol–water partition coefficient (Wildman–Crippen LogP) is 6.85. The van der Waals surface area contributed by atoms with Gasteiger partial charge in [-0.05, 0) is 40.7 Å². The third-order valence-corrected chi connectivity index (χ3v) is 5.64. The fourth-order valence-corrected chi connectivity index (χ4v) is 4.33. The van der Waals surface area contributed by atoms with Crippen LogP contribution in [0.2, 0.25) is 0 Å². The molecule has 0 amide bonds. The molecule has 4 heteroatoms. The highest BCUT2D eigenvalue weighted by Crippen LogP contribution is 2.41. The third kappa shape index (κ3) is 2.26. The van der Waals surface area contributed by atoms with E-state index in [1.807, 2.05) is 36.4 Å². The molecule has 0 fully saturated rings. The first-order valence-corrected chi connectivity index (χ1v) is 9.59. The van der Waals surface area contributed by atoms with E-state index in [2.05, 4.69) is 47.8 Å². The number of nitrogens with zero attached hydrogens (tertiary/aromatic N) is 1. The molecule has 3 nitrogen and oxygen atoms in total. The number of para-hydroxylation sites is 1. The van der Waals surface area contributed by atoms with Gasteiger partial charge in [0.1, 0.15) is 17.2 Å². The van der Waals surface area contributed by atoms with Crippen LogP contribution in [0.4, 0.5) is 5.69 Å². The van der Waals surface area contributed by atoms with Crippen molar-refractivity contribution in [2.24, 2.45) is 4.99 Å². The summed E-state index contributed by atoms with van der Waals surface area (Å²) in [4.78, 5) is 4.71. The first-order valence-electron chi connectivity index (χ1n) is 9.21. The summed E-state index contributed by atoms with van der Waals surface area (Å²) in [6.45, 7) is 0. The number of aliphatic imine (C=N–C) groups is 1. The fourth-order valence-electron chi connectivity index (χ4n) is 4.14. The van der Waals surface area contributed by atoms with Gasteiger partial charge in [-0.25, -0.2) is 4.99 Å². The Balaban J connectivity index is 1.59. The summed E-state index contributed by atoms with van der Waals surface area (Å²) >= 11 is 6.40. The summed E-state index contributed by atoms with van der Waals surface area (Å²) in [6, 6.07) is 26.8. The normalized spacial score (nSPS) is 16.2. The highest BCUT2D eigenvalue weighted by atomic mass is 35.5. The molecule has 0 saturated heterocycles. The summed E-state index contributed by atoms with van der Waals surface area (Å²) in [6.07, 6.45) is 0. The molecule has 1 aromatic heterocycles. The van der Waals surface area contributed by atoms with Gasteiger partial charge in [0.25, 0.3) is 0 Å². The molecule has 0 spiro atoms. The quantitative estimate of drug-likeness (QED) is 0.322. The largest absolute Gasteiger partial charge is 0.456 e. The molecule has 0 bridgehead atoms. The van der Waals surface area contributed by atoms with Crippen LogP contribution in [0.1, 0.15) is 17.2 Å².